The van der Waals surface area contributed by atoms with Crippen molar-refractivity contribution < 1.29 is 9.13 Å². The van der Waals surface area contributed by atoms with Gasteiger partial charge in [-0.1, -0.05) is 24.3 Å². The quantitative estimate of drug-likeness (QED) is 0.860. The largest absolute Gasteiger partial charge is 0.494 e. The molecule has 0 radical (unpaired) electrons. The molecule has 102 valence electrons. The molecule has 0 aliphatic heterocycles. The van der Waals surface area contributed by atoms with Crippen LogP contribution >= 0.6 is 0 Å². The minimum absolute atomic E-state index is 0.241. The van der Waals surface area contributed by atoms with Crippen LogP contribution in [0.5, 0.6) is 5.75 Å². The second kappa shape index (κ2) is 6.29. The lowest BCUT2D eigenvalue weighted by Crippen LogP contribution is -2.11. The fourth-order valence-electron chi connectivity index (χ4n) is 1.76. The van der Waals surface area contributed by atoms with Gasteiger partial charge in [-0.05, 0) is 12.6 Å². The van der Waals surface area contributed by atoms with Gasteiger partial charge in [-0.15, -0.1) is 5.10 Å². The van der Waals surface area contributed by atoms with E-state index in [2.05, 4.69) is 15.6 Å². The van der Waals surface area contributed by atoms with Gasteiger partial charge in [0.25, 0.3) is 0 Å². The van der Waals surface area contributed by atoms with E-state index in [9.17, 15) is 4.39 Å². The van der Waals surface area contributed by atoms with E-state index in [1.165, 1.54) is 7.11 Å². The molecule has 0 saturated carbocycles. The van der Waals surface area contributed by atoms with Crippen LogP contribution in [0.3, 0.4) is 0 Å². The van der Waals surface area contributed by atoms with Gasteiger partial charge in [-0.25, -0.2) is 9.07 Å². The Morgan fingerprint density at radius 3 is 3.00 bits per heavy atom. The summed E-state index contributed by atoms with van der Waals surface area (Å²) in [5, 5.41) is 11.2. The standard InChI is InChI=1S/C13H17FN4O/c1-3-15-7-11-9-18(17-16-11)8-10-5-4-6-12(19-2)13(10)14/h4-6,9,15H,3,7-8H2,1-2H3. The zero-order chi connectivity index (χ0) is 13.7. The van der Waals surface area contributed by atoms with Crippen LogP contribution in [0, 0.1) is 5.82 Å². The summed E-state index contributed by atoms with van der Waals surface area (Å²) in [4.78, 5) is 0. The number of aromatic nitrogens is 3. The molecule has 0 unspecified atom stereocenters. The fourth-order valence-corrected chi connectivity index (χ4v) is 1.76. The van der Waals surface area contributed by atoms with Gasteiger partial charge in [0, 0.05) is 12.1 Å². The lowest BCUT2D eigenvalue weighted by Gasteiger charge is -2.06. The van der Waals surface area contributed by atoms with Gasteiger partial charge in [0.15, 0.2) is 11.6 Å². The SMILES string of the molecule is CCNCc1cn(Cc2cccc(OC)c2F)nn1. The van der Waals surface area contributed by atoms with Crippen LogP contribution in [0.2, 0.25) is 0 Å². The molecule has 6 heteroatoms. The predicted octanol–water partition coefficient (Wildman–Crippen LogP) is 1.58. The maximum Gasteiger partial charge on any atom is 0.170 e. The lowest BCUT2D eigenvalue weighted by atomic mass is 10.2. The zero-order valence-corrected chi connectivity index (χ0v) is 11.1. The van der Waals surface area contributed by atoms with Crippen molar-refractivity contribution in [1.29, 1.82) is 0 Å². The predicted molar refractivity (Wildman–Crippen MR) is 69.5 cm³/mol. The van der Waals surface area contributed by atoms with E-state index >= 15 is 0 Å². The molecule has 0 fully saturated rings. The summed E-state index contributed by atoms with van der Waals surface area (Å²) in [5.41, 5.74) is 1.37. The molecule has 0 aliphatic carbocycles. The highest BCUT2D eigenvalue weighted by atomic mass is 19.1. The highest BCUT2D eigenvalue weighted by Gasteiger charge is 2.09. The van der Waals surface area contributed by atoms with Crippen LogP contribution in [0.4, 0.5) is 4.39 Å². The van der Waals surface area contributed by atoms with Crippen molar-refractivity contribution in [1.82, 2.24) is 20.3 Å². The van der Waals surface area contributed by atoms with Crippen molar-refractivity contribution in [2.45, 2.75) is 20.0 Å². The second-order valence-corrected chi connectivity index (χ2v) is 4.12. The number of ether oxygens (including phenoxy) is 1. The van der Waals surface area contributed by atoms with Crippen LogP contribution in [0.25, 0.3) is 0 Å². The molecule has 2 aromatic rings. The average molecular weight is 264 g/mol. The number of methoxy groups -OCH3 is 1. The van der Waals surface area contributed by atoms with Crippen molar-refractivity contribution >= 4 is 0 Å². The first kappa shape index (κ1) is 13.5. The van der Waals surface area contributed by atoms with E-state index in [-0.39, 0.29) is 11.6 Å². The first-order valence-electron chi connectivity index (χ1n) is 6.15. The van der Waals surface area contributed by atoms with Crippen LogP contribution in [-0.2, 0) is 13.1 Å². The van der Waals surface area contributed by atoms with Crippen LogP contribution in [0.15, 0.2) is 24.4 Å². The van der Waals surface area contributed by atoms with Gasteiger partial charge in [0.05, 0.1) is 25.5 Å². The van der Waals surface area contributed by atoms with Crippen molar-refractivity contribution in [2.24, 2.45) is 0 Å². The van der Waals surface area contributed by atoms with Crippen molar-refractivity contribution in [3.8, 4) is 5.75 Å². The third-order valence-electron chi connectivity index (χ3n) is 2.74. The van der Waals surface area contributed by atoms with Gasteiger partial charge >= 0.3 is 0 Å². The Hall–Kier alpha value is -1.95. The van der Waals surface area contributed by atoms with E-state index in [1.54, 1.807) is 22.9 Å². The Bertz CT molecular complexity index is 541. The van der Waals surface area contributed by atoms with Crippen molar-refractivity contribution in [2.75, 3.05) is 13.7 Å². The molecule has 5 nitrogen and oxygen atoms in total. The molecule has 1 aromatic carbocycles. The number of halogens is 1. The normalized spacial score (nSPS) is 10.7. The first-order valence-corrected chi connectivity index (χ1v) is 6.15. The van der Waals surface area contributed by atoms with E-state index < -0.39 is 0 Å². The maximum atomic E-state index is 14.0. The second-order valence-electron chi connectivity index (χ2n) is 4.12. The van der Waals surface area contributed by atoms with E-state index in [4.69, 9.17) is 4.74 Å². The van der Waals surface area contributed by atoms with Crippen LogP contribution < -0.4 is 10.1 Å². The molecule has 19 heavy (non-hydrogen) atoms. The highest BCUT2D eigenvalue weighted by Crippen LogP contribution is 2.20. The summed E-state index contributed by atoms with van der Waals surface area (Å²) in [6.45, 7) is 3.90. The maximum absolute atomic E-state index is 14.0. The van der Waals surface area contributed by atoms with E-state index in [0.29, 0.717) is 18.7 Å². The average Bonchev–Trinajstić information content (AvgIpc) is 2.86. The Morgan fingerprint density at radius 2 is 2.26 bits per heavy atom. The first-order chi connectivity index (χ1) is 9.24. The van der Waals surface area contributed by atoms with Gasteiger partial charge in [0.1, 0.15) is 0 Å². The van der Waals surface area contributed by atoms with Crippen LogP contribution in [-0.4, -0.2) is 28.6 Å². The van der Waals surface area contributed by atoms with E-state index in [0.717, 1.165) is 12.2 Å². The Balaban J connectivity index is 2.10. The molecule has 0 amide bonds. The Morgan fingerprint density at radius 1 is 1.42 bits per heavy atom. The molecule has 2 rings (SSSR count). The van der Waals surface area contributed by atoms with Gasteiger partial charge in [0.2, 0.25) is 0 Å². The molecule has 0 spiro atoms. The summed E-state index contributed by atoms with van der Waals surface area (Å²) in [6, 6.07) is 5.06. The molecular weight excluding hydrogens is 247 g/mol. The minimum Gasteiger partial charge on any atom is -0.494 e. The number of benzene rings is 1. The molecule has 0 atom stereocenters. The molecule has 0 bridgehead atoms. The third-order valence-corrected chi connectivity index (χ3v) is 2.74. The number of rotatable bonds is 6. The smallest absolute Gasteiger partial charge is 0.170 e. The summed E-state index contributed by atoms with van der Waals surface area (Å²) < 4.78 is 20.5. The monoisotopic (exact) mass is 264 g/mol. The zero-order valence-electron chi connectivity index (χ0n) is 11.1. The number of nitrogens with one attached hydrogen (secondary N) is 1. The minimum atomic E-state index is -0.353. The highest BCUT2D eigenvalue weighted by molar-refractivity contribution is 5.31. The number of hydrogen-bond acceptors (Lipinski definition) is 4. The fraction of sp³-hybridized carbons (Fsp3) is 0.385. The molecule has 1 N–H and O–H groups in total. The molecule has 1 aromatic heterocycles. The van der Waals surface area contributed by atoms with Gasteiger partial charge in [-0.3, -0.25) is 0 Å². The summed E-state index contributed by atoms with van der Waals surface area (Å²) in [5.74, 6) is -0.112. The Labute approximate surface area is 111 Å². The summed E-state index contributed by atoms with van der Waals surface area (Å²) >= 11 is 0. The van der Waals surface area contributed by atoms with E-state index in [1.807, 2.05) is 13.1 Å². The van der Waals surface area contributed by atoms with Crippen molar-refractivity contribution in [3.63, 3.8) is 0 Å². The summed E-state index contributed by atoms with van der Waals surface area (Å²) in [7, 11) is 1.45. The number of nitrogens with zero attached hydrogens (tertiary/aromatic N) is 3. The third kappa shape index (κ3) is 3.29. The number of hydrogen-bond donors (Lipinski definition) is 1. The van der Waals surface area contributed by atoms with Gasteiger partial charge in [-0.2, -0.15) is 0 Å². The lowest BCUT2D eigenvalue weighted by molar-refractivity contribution is 0.383. The molecular formula is C13H17FN4O. The van der Waals surface area contributed by atoms with Crippen LogP contribution in [0.1, 0.15) is 18.2 Å². The molecule has 0 saturated heterocycles. The molecule has 0 aliphatic rings. The van der Waals surface area contributed by atoms with Crippen molar-refractivity contribution in [3.05, 3.63) is 41.5 Å². The topological polar surface area (TPSA) is 52.0 Å². The Kier molecular flexibility index (Phi) is 4.46. The molecule has 1 heterocycles. The van der Waals surface area contributed by atoms with Gasteiger partial charge < -0.3 is 10.1 Å². The summed E-state index contributed by atoms with van der Waals surface area (Å²) in [6.07, 6.45) is 1.81.